The number of carbonyl (C=O) groups is 3. The zero-order valence-electron chi connectivity index (χ0n) is 21.8. The zero-order valence-corrected chi connectivity index (χ0v) is 21.8. The molecule has 202 valence electrons. The molecule has 0 aromatic heterocycles. The van der Waals surface area contributed by atoms with E-state index in [0.29, 0.717) is 32.2 Å². The van der Waals surface area contributed by atoms with E-state index in [2.05, 4.69) is 5.32 Å². The fourth-order valence-electron chi connectivity index (χ4n) is 5.31. The number of amides is 2. The smallest absolute Gasteiger partial charge is 0.309 e. The molecule has 4 rings (SSSR count). The Morgan fingerprint density at radius 3 is 2.45 bits per heavy atom. The van der Waals surface area contributed by atoms with Crippen molar-refractivity contribution in [2.45, 2.75) is 57.1 Å². The molecule has 0 bridgehead atoms. The van der Waals surface area contributed by atoms with Gasteiger partial charge in [0.1, 0.15) is 6.10 Å². The molecule has 4 atom stereocenters. The Morgan fingerprint density at radius 2 is 1.71 bits per heavy atom. The summed E-state index contributed by atoms with van der Waals surface area (Å²) >= 11 is 0. The van der Waals surface area contributed by atoms with Gasteiger partial charge in [0.15, 0.2) is 0 Å². The summed E-state index contributed by atoms with van der Waals surface area (Å²) in [4.78, 5) is 41.4. The second kappa shape index (κ2) is 13.9. The van der Waals surface area contributed by atoms with Gasteiger partial charge in [-0.3, -0.25) is 14.4 Å². The van der Waals surface area contributed by atoms with Crippen LogP contribution in [-0.4, -0.2) is 53.5 Å². The van der Waals surface area contributed by atoms with Crippen molar-refractivity contribution < 1.29 is 24.2 Å². The third-order valence-electron chi connectivity index (χ3n) is 7.52. The highest BCUT2D eigenvalue weighted by atomic mass is 16.5. The molecule has 2 heterocycles. The van der Waals surface area contributed by atoms with E-state index in [9.17, 15) is 19.5 Å². The predicted molar refractivity (Wildman–Crippen MR) is 145 cm³/mol. The molecule has 4 unspecified atom stereocenters. The van der Waals surface area contributed by atoms with Crippen LogP contribution in [0.3, 0.4) is 0 Å². The quantitative estimate of drug-likeness (QED) is 0.446. The number of hydrogen-bond acceptors (Lipinski definition) is 5. The van der Waals surface area contributed by atoms with Gasteiger partial charge in [0.05, 0.1) is 31.0 Å². The first kappa shape index (κ1) is 27.6. The molecular weight excluding hydrogens is 480 g/mol. The topological polar surface area (TPSA) is 95.9 Å². The first-order valence-corrected chi connectivity index (χ1v) is 13.7. The Hall–Kier alpha value is -3.45. The zero-order chi connectivity index (χ0) is 26.7. The van der Waals surface area contributed by atoms with Crippen molar-refractivity contribution in [1.82, 2.24) is 10.2 Å². The number of nitrogens with one attached hydrogen (secondary N) is 1. The van der Waals surface area contributed by atoms with E-state index in [1.807, 2.05) is 72.8 Å². The third-order valence-corrected chi connectivity index (χ3v) is 7.52. The van der Waals surface area contributed by atoms with Crippen LogP contribution in [0.2, 0.25) is 0 Å². The molecule has 2 aromatic carbocycles. The number of ether oxygens (including phenoxy) is 1. The minimum absolute atomic E-state index is 0.0588. The molecule has 0 radical (unpaired) electrons. The summed E-state index contributed by atoms with van der Waals surface area (Å²) in [6.07, 6.45) is 7.36. The highest BCUT2D eigenvalue weighted by Gasteiger charge is 2.32. The average molecular weight is 519 g/mol. The van der Waals surface area contributed by atoms with E-state index in [4.69, 9.17) is 4.74 Å². The molecule has 0 spiro atoms. The largest absolute Gasteiger partial charge is 0.455 e. The molecule has 2 amide bonds. The number of rotatable bonds is 6. The van der Waals surface area contributed by atoms with Gasteiger partial charge >= 0.3 is 5.97 Å². The van der Waals surface area contributed by atoms with Crippen LogP contribution in [0, 0.1) is 11.8 Å². The molecule has 1 saturated heterocycles. The van der Waals surface area contributed by atoms with Crippen molar-refractivity contribution in [1.29, 1.82) is 0 Å². The lowest BCUT2D eigenvalue weighted by atomic mass is 9.94. The van der Waals surface area contributed by atoms with Gasteiger partial charge < -0.3 is 20.1 Å². The monoisotopic (exact) mass is 518 g/mol. The highest BCUT2D eigenvalue weighted by molar-refractivity contribution is 5.86. The van der Waals surface area contributed by atoms with Crippen molar-refractivity contribution in [3.05, 3.63) is 83.9 Å². The van der Waals surface area contributed by atoms with Gasteiger partial charge in [0.2, 0.25) is 11.8 Å². The van der Waals surface area contributed by atoms with Gasteiger partial charge in [0.25, 0.3) is 0 Å². The SMILES string of the molecule is O=C1NCC(c2ccccc2)OC(=O)C(Cc2ccccc2)CCC=CCC1CC(=O)N1CCCC1CO. The summed E-state index contributed by atoms with van der Waals surface area (Å²) in [6, 6.07) is 19.2. The second-order valence-corrected chi connectivity index (χ2v) is 10.2. The number of benzene rings is 2. The van der Waals surface area contributed by atoms with E-state index in [1.54, 1.807) is 4.90 Å². The van der Waals surface area contributed by atoms with Crippen molar-refractivity contribution in [2.24, 2.45) is 11.8 Å². The van der Waals surface area contributed by atoms with Gasteiger partial charge in [0, 0.05) is 13.0 Å². The van der Waals surface area contributed by atoms with Crippen molar-refractivity contribution in [3.8, 4) is 0 Å². The molecule has 2 N–H and O–H groups in total. The molecule has 2 aromatic rings. The minimum Gasteiger partial charge on any atom is -0.455 e. The number of esters is 1. The maximum atomic E-state index is 13.4. The van der Waals surface area contributed by atoms with Crippen LogP contribution in [0.25, 0.3) is 0 Å². The van der Waals surface area contributed by atoms with Crippen LogP contribution in [0.1, 0.15) is 55.8 Å². The maximum absolute atomic E-state index is 13.4. The number of aliphatic hydroxyl groups is 1. The van der Waals surface area contributed by atoms with E-state index in [-0.39, 0.29) is 49.3 Å². The Labute approximate surface area is 224 Å². The van der Waals surface area contributed by atoms with Crippen LogP contribution >= 0.6 is 0 Å². The number of allylic oxidation sites excluding steroid dienone is 2. The van der Waals surface area contributed by atoms with Crippen LogP contribution in [0.5, 0.6) is 0 Å². The van der Waals surface area contributed by atoms with Gasteiger partial charge in [-0.1, -0.05) is 72.8 Å². The van der Waals surface area contributed by atoms with Crippen LogP contribution in [-0.2, 0) is 25.5 Å². The lowest BCUT2D eigenvalue weighted by Crippen LogP contribution is -2.41. The fourth-order valence-corrected chi connectivity index (χ4v) is 5.31. The summed E-state index contributed by atoms with van der Waals surface area (Å²) in [5.74, 6) is -1.46. The Bertz CT molecular complexity index is 1090. The summed E-state index contributed by atoms with van der Waals surface area (Å²) in [7, 11) is 0. The maximum Gasteiger partial charge on any atom is 0.309 e. The van der Waals surface area contributed by atoms with Gasteiger partial charge in [-0.25, -0.2) is 0 Å². The van der Waals surface area contributed by atoms with Crippen LogP contribution < -0.4 is 5.32 Å². The molecule has 38 heavy (non-hydrogen) atoms. The van der Waals surface area contributed by atoms with Crippen molar-refractivity contribution in [3.63, 3.8) is 0 Å². The summed E-state index contributed by atoms with van der Waals surface area (Å²) in [5.41, 5.74) is 1.89. The lowest BCUT2D eigenvalue weighted by molar-refractivity contribution is -0.155. The van der Waals surface area contributed by atoms with Crippen LogP contribution in [0.4, 0.5) is 0 Å². The van der Waals surface area contributed by atoms with E-state index < -0.39 is 12.0 Å². The average Bonchev–Trinajstić information content (AvgIpc) is 3.43. The number of likely N-dealkylation sites (tertiary alicyclic amines) is 1. The lowest BCUT2D eigenvalue weighted by Gasteiger charge is -2.26. The van der Waals surface area contributed by atoms with Gasteiger partial charge in [-0.2, -0.15) is 0 Å². The Kier molecular flexibility index (Phi) is 10.1. The third kappa shape index (κ3) is 7.54. The molecular formula is C31H38N2O5. The first-order valence-electron chi connectivity index (χ1n) is 13.7. The fraction of sp³-hybridized carbons (Fsp3) is 0.452. The number of aliphatic hydroxyl groups excluding tert-OH is 1. The number of carbonyl (C=O) groups excluding carboxylic acids is 3. The minimum atomic E-state index is -0.631. The molecule has 2 aliphatic heterocycles. The van der Waals surface area contributed by atoms with Crippen LogP contribution in [0.15, 0.2) is 72.8 Å². The number of hydrogen-bond donors (Lipinski definition) is 2. The molecule has 0 saturated carbocycles. The molecule has 7 nitrogen and oxygen atoms in total. The van der Waals surface area contributed by atoms with Crippen molar-refractivity contribution in [2.75, 3.05) is 19.7 Å². The molecule has 2 aliphatic rings. The number of cyclic esters (lactones) is 1. The van der Waals surface area contributed by atoms with Gasteiger partial charge in [-0.05, 0) is 49.7 Å². The summed E-state index contributed by atoms with van der Waals surface area (Å²) in [5, 5.41) is 12.6. The van der Waals surface area contributed by atoms with Crippen molar-refractivity contribution >= 4 is 17.8 Å². The highest BCUT2D eigenvalue weighted by Crippen LogP contribution is 2.25. The van der Waals surface area contributed by atoms with E-state index in [1.165, 1.54) is 0 Å². The van der Waals surface area contributed by atoms with Gasteiger partial charge in [-0.15, -0.1) is 0 Å². The Balaban J connectivity index is 1.52. The predicted octanol–water partition coefficient (Wildman–Crippen LogP) is 3.98. The van der Waals surface area contributed by atoms with E-state index >= 15 is 0 Å². The standard InChI is InChI=1S/C31H38N2O5/c34-22-27-17-10-18-33(27)29(35)20-25-15-8-3-9-16-26(19-23-11-4-1-5-12-23)31(37)38-28(21-32-30(25)36)24-13-6-2-7-14-24/h1-8,11-14,25-28,34H,9-10,15-22H2,(H,32,36). The number of nitrogens with zero attached hydrogens (tertiary/aromatic N) is 1. The second-order valence-electron chi connectivity index (χ2n) is 10.2. The molecule has 0 aliphatic carbocycles. The van der Waals surface area contributed by atoms with E-state index in [0.717, 1.165) is 24.0 Å². The molecule has 1 fully saturated rings. The first-order chi connectivity index (χ1) is 18.5. The Morgan fingerprint density at radius 1 is 0.974 bits per heavy atom. The molecule has 7 heteroatoms. The summed E-state index contributed by atoms with van der Waals surface area (Å²) < 4.78 is 6.03. The normalized spacial score (nSPS) is 25.0. The summed E-state index contributed by atoms with van der Waals surface area (Å²) in [6.45, 7) is 0.684.